The van der Waals surface area contributed by atoms with Crippen LogP contribution in [0.5, 0.6) is 0 Å². The molecular weight excluding hydrogens is 336 g/mol. The highest BCUT2D eigenvalue weighted by atomic mass is 35.5. The van der Waals surface area contributed by atoms with E-state index in [0.717, 1.165) is 11.1 Å². The molecule has 0 aliphatic carbocycles. The fourth-order valence-electron chi connectivity index (χ4n) is 2.59. The van der Waals surface area contributed by atoms with Gasteiger partial charge in [0, 0.05) is 18.1 Å². The van der Waals surface area contributed by atoms with E-state index in [1.54, 1.807) is 17.9 Å². The summed E-state index contributed by atoms with van der Waals surface area (Å²) < 4.78 is 0. The summed E-state index contributed by atoms with van der Waals surface area (Å²) in [5.41, 5.74) is 1.74. The van der Waals surface area contributed by atoms with Gasteiger partial charge in [0.25, 0.3) is 0 Å². The number of likely N-dealkylation sites (N-methyl/N-ethyl adjacent to an activating group) is 1. The highest BCUT2D eigenvalue weighted by Crippen LogP contribution is 2.19. The summed E-state index contributed by atoms with van der Waals surface area (Å²) in [5.74, 6) is -0.277. The SMILES string of the molecule is CCNC(=O)[C@H](C)N(Cc1ccccc1Cl)C(=O)Cc1ccccc1. The van der Waals surface area contributed by atoms with Crippen molar-refractivity contribution in [3.8, 4) is 0 Å². The van der Waals surface area contributed by atoms with Crippen LogP contribution in [0.3, 0.4) is 0 Å². The number of benzene rings is 2. The molecule has 0 saturated carbocycles. The van der Waals surface area contributed by atoms with Crippen molar-refractivity contribution in [2.75, 3.05) is 6.54 Å². The first-order chi connectivity index (χ1) is 12.0. The molecule has 4 nitrogen and oxygen atoms in total. The molecular formula is C20H23ClN2O2. The lowest BCUT2D eigenvalue weighted by Gasteiger charge is -2.29. The van der Waals surface area contributed by atoms with Crippen LogP contribution in [0.2, 0.25) is 5.02 Å². The van der Waals surface area contributed by atoms with Gasteiger partial charge >= 0.3 is 0 Å². The Morgan fingerprint density at radius 2 is 1.72 bits per heavy atom. The molecule has 2 aromatic carbocycles. The molecule has 1 atom stereocenters. The standard InChI is InChI=1S/C20H23ClN2O2/c1-3-22-20(25)15(2)23(14-17-11-7-8-12-18(17)21)19(24)13-16-9-5-4-6-10-16/h4-12,15H,3,13-14H2,1-2H3,(H,22,25)/t15-/m0/s1. The van der Waals surface area contributed by atoms with Gasteiger partial charge in [-0.3, -0.25) is 9.59 Å². The van der Waals surface area contributed by atoms with Gasteiger partial charge in [-0.1, -0.05) is 60.1 Å². The van der Waals surface area contributed by atoms with Crippen molar-refractivity contribution in [2.24, 2.45) is 0 Å². The topological polar surface area (TPSA) is 49.4 Å². The molecule has 0 aliphatic heterocycles. The van der Waals surface area contributed by atoms with Crippen molar-refractivity contribution in [3.05, 3.63) is 70.7 Å². The lowest BCUT2D eigenvalue weighted by atomic mass is 10.1. The number of rotatable bonds is 7. The maximum atomic E-state index is 12.9. The predicted molar refractivity (Wildman–Crippen MR) is 100 cm³/mol. The third-order valence-electron chi connectivity index (χ3n) is 4.02. The van der Waals surface area contributed by atoms with Gasteiger partial charge in [-0.2, -0.15) is 0 Å². The second-order valence-electron chi connectivity index (χ2n) is 5.85. The second kappa shape index (κ2) is 9.23. The normalized spacial score (nSPS) is 11.6. The zero-order valence-corrected chi connectivity index (χ0v) is 15.3. The zero-order chi connectivity index (χ0) is 18.2. The number of hydrogen-bond acceptors (Lipinski definition) is 2. The van der Waals surface area contributed by atoms with Gasteiger partial charge in [-0.05, 0) is 31.0 Å². The minimum Gasteiger partial charge on any atom is -0.355 e. The third-order valence-corrected chi connectivity index (χ3v) is 4.38. The molecule has 0 fully saturated rings. The molecule has 2 rings (SSSR count). The average molecular weight is 359 g/mol. The molecule has 0 saturated heterocycles. The van der Waals surface area contributed by atoms with Gasteiger partial charge in [0.05, 0.1) is 6.42 Å². The van der Waals surface area contributed by atoms with E-state index in [9.17, 15) is 9.59 Å². The summed E-state index contributed by atoms with van der Waals surface area (Å²) in [6.45, 7) is 4.42. The molecule has 0 aromatic heterocycles. The van der Waals surface area contributed by atoms with E-state index < -0.39 is 6.04 Å². The summed E-state index contributed by atoms with van der Waals surface area (Å²) in [4.78, 5) is 26.7. The Morgan fingerprint density at radius 1 is 1.08 bits per heavy atom. The Labute approximate surface area is 153 Å². The van der Waals surface area contributed by atoms with Crippen LogP contribution in [0.15, 0.2) is 54.6 Å². The molecule has 0 spiro atoms. The quantitative estimate of drug-likeness (QED) is 0.824. The fourth-order valence-corrected chi connectivity index (χ4v) is 2.78. The van der Waals surface area contributed by atoms with Gasteiger partial charge < -0.3 is 10.2 Å². The monoisotopic (exact) mass is 358 g/mol. The van der Waals surface area contributed by atoms with Crippen LogP contribution in [0.1, 0.15) is 25.0 Å². The maximum absolute atomic E-state index is 12.9. The smallest absolute Gasteiger partial charge is 0.242 e. The van der Waals surface area contributed by atoms with Crippen LogP contribution in [0, 0.1) is 0 Å². The van der Waals surface area contributed by atoms with E-state index in [2.05, 4.69) is 5.32 Å². The Hall–Kier alpha value is -2.33. The van der Waals surface area contributed by atoms with Gasteiger partial charge in [0.15, 0.2) is 0 Å². The number of carbonyl (C=O) groups excluding carboxylic acids is 2. The van der Waals surface area contributed by atoms with Crippen molar-refractivity contribution in [3.63, 3.8) is 0 Å². The number of hydrogen-bond donors (Lipinski definition) is 1. The Morgan fingerprint density at radius 3 is 2.36 bits per heavy atom. The van der Waals surface area contributed by atoms with Crippen molar-refractivity contribution in [2.45, 2.75) is 32.9 Å². The van der Waals surface area contributed by atoms with E-state index in [1.165, 1.54) is 0 Å². The van der Waals surface area contributed by atoms with Crippen molar-refractivity contribution >= 4 is 23.4 Å². The van der Waals surface area contributed by atoms with Crippen LogP contribution in [0.4, 0.5) is 0 Å². The first kappa shape index (κ1) is 19.0. The molecule has 0 heterocycles. The van der Waals surface area contributed by atoms with E-state index in [4.69, 9.17) is 11.6 Å². The van der Waals surface area contributed by atoms with Gasteiger partial charge in [0.2, 0.25) is 11.8 Å². The lowest BCUT2D eigenvalue weighted by molar-refractivity contribution is -0.140. The third kappa shape index (κ3) is 5.33. The zero-order valence-electron chi connectivity index (χ0n) is 14.5. The molecule has 2 aromatic rings. The predicted octanol–water partition coefficient (Wildman–Crippen LogP) is 3.44. The van der Waals surface area contributed by atoms with Crippen LogP contribution in [-0.4, -0.2) is 29.3 Å². The van der Waals surface area contributed by atoms with Crippen LogP contribution >= 0.6 is 11.6 Å². The summed E-state index contributed by atoms with van der Waals surface area (Å²) in [6.07, 6.45) is 0.245. The Bertz CT molecular complexity index is 719. The van der Waals surface area contributed by atoms with Crippen LogP contribution < -0.4 is 5.32 Å². The number of carbonyl (C=O) groups is 2. The molecule has 0 radical (unpaired) electrons. The van der Waals surface area contributed by atoms with Crippen molar-refractivity contribution < 1.29 is 9.59 Å². The van der Waals surface area contributed by atoms with Gasteiger partial charge in [0.1, 0.15) is 6.04 Å². The molecule has 0 aliphatic rings. The second-order valence-corrected chi connectivity index (χ2v) is 6.25. The summed E-state index contributed by atoms with van der Waals surface area (Å²) in [6, 6.07) is 16.3. The van der Waals surface area contributed by atoms with E-state index in [1.807, 2.05) is 55.5 Å². The molecule has 1 N–H and O–H groups in total. The summed E-state index contributed by atoms with van der Waals surface area (Å²) in [5, 5.41) is 3.37. The minimum absolute atomic E-state index is 0.107. The van der Waals surface area contributed by atoms with Crippen LogP contribution in [-0.2, 0) is 22.6 Å². The average Bonchev–Trinajstić information content (AvgIpc) is 2.61. The lowest BCUT2D eigenvalue weighted by Crippen LogP contribution is -2.48. The Balaban J connectivity index is 2.23. The first-order valence-electron chi connectivity index (χ1n) is 8.37. The maximum Gasteiger partial charge on any atom is 0.242 e. The van der Waals surface area contributed by atoms with E-state index in [0.29, 0.717) is 18.1 Å². The van der Waals surface area contributed by atoms with Gasteiger partial charge in [-0.15, -0.1) is 0 Å². The molecule has 0 bridgehead atoms. The molecule has 0 unspecified atom stereocenters. The summed E-state index contributed by atoms with van der Waals surface area (Å²) in [7, 11) is 0. The van der Waals surface area contributed by atoms with Crippen LogP contribution in [0.25, 0.3) is 0 Å². The highest BCUT2D eigenvalue weighted by molar-refractivity contribution is 6.31. The highest BCUT2D eigenvalue weighted by Gasteiger charge is 2.26. The summed E-state index contributed by atoms with van der Waals surface area (Å²) >= 11 is 6.24. The minimum atomic E-state index is -0.576. The molecule has 25 heavy (non-hydrogen) atoms. The Kier molecular flexibility index (Phi) is 7.02. The van der Waals surface area contributed by atoms with Crippen molar-refractivity contribution in [1.82, 2.24) is 10.2 Å². The number of amides is 2. The van der Waals surface area contributed by atoms with Crippen molar-refractivity contribution in [1.29, 1.82) is 0 Å². The largest absolute Gasteiger partial charge is 0.355 e. The van der Waals surface area contributed by atoms with E-state index in [-0.39, 0.29) is 18.2 Å². The first-order valence-corrected chi connectivity index (χ1v) is 8.75. The number of nitrogens with zero attached hydrogens (tertiary/aromatic N) is 1. The number of halogens is 1. The molecule has 2 amide bonds. The molecule has 5 heteroatoms. The number of nitrogens with one attached hydrogen (secondary N) is 1. The van der Waals surface area contributed by atoms with E-state index >= 15 is 0 Å². The fraction of sp³-hybridized carbons (Fsp3) is 0.300. The van der Waals surface area contributed by atoms with Gasteiger partial charge in [-0.25, -0.2) is 0 Å². The molecule has 132 valence electrons.